The van der Waals surface area contributed by atoms with Gasteiger partial charge in [0.2, 0.25) is 10.0 Å². The standard InChI is InChI=1S/C10H15N3O4S2/c1-7-9(8(10(14)15)12-11-7)19(16,17)13-3-2-5-18-6-4-13/h2-6H2,1H3,(H,11,12)(H,14,15). The lowest BCUT2D eigenvalue weighted by atomic mass is 10.4. The second-order valence-corrected chi connectivity index (χ2v) is 7.30. The fourth-order valence-electron chi connectivity index (χ4n) is 1.97. The van der Waals surface area contributed by atoms with Crippen LogP contribution in [0.1, 0.15) is 22.6 Å². The largest absolute Gasteiger partial charge is 0.476 e. The SMILES string of the molecule is Cc1[nH]nc(C(=O)O)c1S(=O)(=O)N1CCCSCC1. The van der Waals surface area contributed by atoms with Crippen LogP contribution in [0, 0.1) is 6.92 Å². The van der Waals surface area contributed by atoms with Gasteiger partial charge in [0.25, 0.3) is 0 Å². The van der Waals surface area contributed by atoms with E-state index in [-0.39, 0.29) is 10.6 Å². The van der Waals surface area contributed by atoms with Gasteiger partial charge in [-0.2, -0.15) is 21.2 Å². The summed E-state index contributed by atoms with van der Waals surface area (Å²) in [5.41, 5.74) is -0.177. The molecule has 1 saturated heterocycles. The van der Waals surface area contributed by atoms with E-state index < -0.39 is 21.7 Å². The maximum absolute atomic E-state index is 12.5. The van der Waals surface area contributed by atoms with Crippen molar-refractivity contribution in [3.8, 4) is 0 Å². The number of carboxylic acids is 1. The predicted octanol–water partition coefficient (Wildman–Crippen LogP) is 0.544. The summed E-state index contributed by atoms with van der Waals surface area (Å²) in [7, 11) is -3.80. The second kappa shape index (κ2) is 5.51. The summed E-state index contributed by atoms with van der Waals surface area (Å²) < 4.78 is 26.4. The molecule has 1 aromatic heterocycles. The highest BCUT2D eigenvalue weighted by molar-refractivity contribution is 7.99. The van der Waals surface area contributed by atoms with E-state index in [0.29, 0.717) is 13.1 Å². The number of hydrogen-bond donors (Lipinski definition) is 2. The summed E-state index contributed by atoms with van der Waals surface area (Å²) in [6.07, 6.45) is 0.767. The molecule has 0 aliphatic carbocycles. The number of aromatic carboxylic acids is 1. The first-order valence-electron chi connectivity index (χ1n) is 5.80. The Bertz CT molecular complexity index is 574. The molecule has 1 fully saturated rings. The van der Waals surface area contributed by atoms with Crippen LogP contribution in [0.15, 0.2) is 4.90 Å². The summed E-state index contributed by atoms with van der Waals surface area (Å²) in [5, 5.41) is 15.0. The maximum Gasteiger partial charge on any atom is 0.357 e. The van der Waals surface area contributed by atoms with Crippen LogP contribution in [-0.4, -0.2) is 58.6 Å². The van der Waals surface area contributed by atoms with E-state index in [4.69, 9.17) is 5.11 Å². The van der Waals surface area contributed by atoms with Gasteiger partial charge in [-0.25, -0.2) is 13.2 Å². The maximum atomic E-state index is 12.5. The first kappa shape index (κ1) is 14.4. The second-order valence-electron chi connectivity index (χ2n) is 4.20. The molecule has 0 saturated carbocycles. The van der Waals surface area contributed by atoms with Gasteiger partial charge in [-0.3, -0.25) is 5.10 Å². The van der Waals surface area contributed by atoms with E-state index in [9.17, 15) is 13.2 Å². The van der Waals surface area contributed by atoms with E-state index in [0.717, 1.165) is 17.9 Å². The van der Waals surface area contributed by atoms with Crippen LogP contribution in [-0.2, 0) is 10.0 Å². The van der Waals surface area contributed by atoms with Gasteiger partial charge in [-0.1, -0.05) is 0 Å². The zero-order chi connectivity index (χ0) is 14.0. The number of aromatic amines is 1. The normalized spacial score (nSPS) is 18.2. The minimum absolute atomic E-state index is 0.216. The number of nitrogens with one attached hydrogen (secondary N) is 1. The Balaban J connectivity index is 2.43. The average Bonchev–Trinajstić information content (AvgIpc) is 2.58. The van der Waals surface area contributed by atoms with Gasteiger partial charge in [0.1, 0.15) is 4.90 Å². The average molecular weight is 305 g/mol. The Morgan fingerprint density at radius 2 is 2.16 bits per heavy atom. The molecule has 1 aliphatic rings. The zero-order valence-corrected chi connectivity index (χ0v) is 12.1. The molecule has 0 atom stereocenters. The van der Waals surface area contributed by atoms with Crippen LogP contribution in [0.2, 0.25) is 0 Å². The van der Waals surface area contributed by atoms with Crippen molar-refractivity contribution in [1.82, 2.24) is 14.5 Å². The van der Waals surface area contributed by atoms with Gasteiger partial charge in [0.15, 0.2) is 5.69 Å². The summed E-state index contributed by atoms with van der Waals surface area (Å²) in [4.78, 5) is 10.8. The summed E-state index contributed by atoms with van der Waals surface area (Å²) in [6, 6.07) is 0. The van der Waals surface area contributed by atoms with Crippen molar-refractivity contribution in [3.63, 3.8) is 0 Å². The minimum Gasteiger partial charge on any atom is -0.476 e. The summed E-state index contributed by atoms with van der Waals surface area (Å²) in [5.74, 6) is 0.299. The Hall–Kier alpha value is -1.06. The van der Waals surface area contributed by atoms with Crippen LogP contribution in [0.3, 0.4) is 0 Å². The summed E-state index contributed by atoms with van der Waals surface area (Å²) >= 11 is 1.70. The highest BCUT2D eigenvalue weighted by Crippen LogP contribution is 2.24. The van der Waals surface area contributed by atoms with Crippen LogP contribution in [0.25, 0.3) is 0 Å². The molecule has 106 valence electrons. The van der Waals surface area contributed by atoms with Crippen LogP contribution >= 0.6 is 11.8 Å². The van der Waals surface area contributed by atoms with Crippen molar-refractivity contribution in [3.05, 3.63) is 11.4 Å². The number of carboxylic acid groups (broad SMARTS) is 1. The van der Waals surface area contributed by atoms with E-state index in [1.807, 2.05) is 0 Å². The first-order chi connectivity index (χ1) is 8.94. The predicted molar refractivity (Wildman–Crippen MR) is 71.0 cm³/mol. The van der Waals surface area contributed by atoms with E-state index in [1.54, 1.807) is 11.8 Å². The number of rotatable bonds is 3. The number of nitrogens with zero attached hydrogens (tertiary/aromatic N) is 2. The smallest absolute Gasteiger partial charge is 0.357 e. The third-order valence-corrected chi connectivity index (χ3v) is 5.98. The molecule has 19 heavy (non-hydrogen) atoms. The van der Waals surface area contributed by atoms with Crippen LogP contribution in [0.4, 0.5) is 0 Å². The zero-order valence-electron chi connectivity index (χ0n) is 10.4. The third-order valence-electron chi connectivity index (χ3n) is 2.87. The topological polar surface area (TPSA) is 103 Å². The molecule has 1 aromatic rings. The Labute approximate surface area is 115 Å². The fourth-order valence-corrected chi connectivity index (χ4v) is 4.74. The van der Waals surface area contributed by atoms with E-state index in [1.165, 1.54) is 11.2 Å². The molecule has 0 aromatic carbocycles. The van der Waals surface area contributed by atoms with Crippen molar-refractivity contribution in [2.75, 3.05) is 24.6 Å². The molecule has 2 N–H and O–H groups in total. The first-order valence-corrected chi connectivity index (χ1v) is 8.40. The van der Waals surface area contributed by atoms with Crippen molar-refractivity contribution in [2.45, 2.75) is 18.2 Å². The van der Waals surface area contributed by atoms with E-state index in [2.05, 4.69) is 10.2 Å². The van der Waals surface area contributed by atoms with Gasteiger partial charge in [-0.15, -0.1) is 0 Å². The Kier molecular flexibility index (Phi) is 4.16. The lowest BCUT2D eigenvalue weighted by Gasteiger charge is -2.19. The third kappa shape index (κ3) is 2.77. The molecular weight excluding hydrogens is 290 g/mol. The van der Waals surface area contributed by atoms with Gasteiger partial charge < -0.3 is 5.11 Å². The molecule has 9 heteroatoms. The molecule has 1 aliphatic heterocycles. The van der Waals surface area contributed by atoms with Crippen molar-refractivity contribution in [1.29, 1.82) is 0 Å². The van der Waals surface area contributed by atoms with Gasteiger partial charge in [-0.05, 0) is 19.1 Å². The monoisotopic (exact) mass is 305 g/mol. The number of hydrogen-bond acceptors (Lipinski definition) is 5. The van der Waals surface area contributed by atoms with Crippen molar-refractivity contribution in [2.24, 2.45) is 0 Å². The number of thioether (sulfide) groups is 1. The molecule has 0 radical (unpaired) electrons. The molecule has 0 spiro atoms. The molecule has 2 heterocycles. The molecule has 0 amide bonds. The lowest BCUT2D eigenvalue weighted by molar-refractivity contribution is 0.0686. The Morgan fingerprint density at radius 3 is 2.84 bits per heavy atom. The van der Waals surface area contributed by atoms with Crippen molar-refractivity contribution < 1.29 is 18.3 Å². The van der Waals surface area contributed by atoms with Gasteiger partial charge in [0.05, 0.1) is 5.69 Å². The number of H-pyrrole nitrogens is 1. The summed E-state index contributed by atoms with van der Waals surface area (Å²) in [6.45, 7) is 2.33. The number of aryl methyl sites for hydroxylation is 1. The highest BCUT2D eigenvalue weighted by Gasteiger charge is 2.33. The van der Waals surface area contributed by atoms with Crippen LogP contribution in [0.5, 0.6) is 0 Å². The fraction of sp³-hybridized carbons (Fsp3) is 0.600. The number of sulfonamides is 1. The molecule has 7 nitrogen and oxygen atoms in total. The quantitative estimate of drug-likeness (QED) is 0.845. The number of carbonyl (C=O) groups is 1. The minimum atomic E-state index is -3.80. The highest BCUT2D eigenvalue weighted by atomic mass is 32.2. The van der Waals surface area contributed by atoms with Gasteiger partial charge in [0, 0.05) is 18.8 Å². The molecule has 2 rings (SSSR count). The Morgan fingerprint density at radius 1 is 1.42 bits per heavy atom. The lowest BCUT2D eigenvalue weighted by Crippen LogP contribution is -2.34. The van der Waals surface area contributed by atoms with E-state index >= 15 is 0 Å². The molecule has 0 unspecified atom stereocenters. The molecule has 0 bridgehead atoms. The molecular formula is C10H15N3O4S2. The number of aromatic nitrogens is 2. The van der Waals surface area contributed by atoms with Crippen molar-refractivity contribution >= 4 is 27.8 Å². The van der Waals surface area contributed by atoms with Gasteiger partial charge >= 0.3 is 5.97 Å². The van der Waals surface area contributed by atoms with Crippen LogP contribution < -0.4 is 0 Å².